The SMILES string of the molecule is CN(C)C(CNc1ccc([N+](=O)[O-])cc1C(N)=O)c1ccc(Cl)cc1. The van der Waals surface area contributed by atoms with Gasteiger partial charge in [-0.3, -0.25) is 14.9 Å². The van der Waals surface area contributed by atoms with Gasteiger partial charge in [-0.05, 0) is 37.9 Å². The van der Waals surface area contributed by atoms with Crippen molar-refractivity contribution in [2.45, 2.75) is 6.04 Å². The standard InChI is InChI=1S/C17H19ClN4O3/c1-21(2)16(11-3-5-12(18)6-4-11)10-20-15-8-7-13(22(24)25)9-14(15)17(19)23/h3-9,16,20H,10H2,1-2H3,(H2,19,23). The summed E-state index contributed by atoms with van der Waals surface area (Å²) in [5.41, 5.74) is 6.76. The molecule has 132 valence electrons. The van der Waals surface area contributed by atoms with Crippen molar-refractivity contribution in [3.05, 3.63) is 68.7 Å². The van der Waals surface area contributed by atoms with Crippen LogP contribution in [-0.2, 0) is 0 Å². The Hall–Kier alpha value is -2.64. The fraction of sp³-hybridized carbons (Fsp3) is 0.235. The molecule has 0 saturated heterocycles. The van der Waals surface area contributed by atoms with Crippen molar-refractivity contribution in [3.8, 4) is 0 Å². The summed E-state index contributed by atoms with van der Waals surface area (Å²) in [6.45, 7) is 0.479. The molecule has 2 rings (SSSR count). The number of benzene rings is 2. The van der Waals surface area contributed by atoms with Crippen LogP contribution in [0.1, 0.15) is 22.0 Å². The third-order valence-corrected chi connectivity index (χ3v) is 4.10. The summed E-state index contributed by atoms with van der Waals surface area (Å²) >= 11 is 5.93. The number of carbonyl (C=O) groups is 1. The van der Waals surface area contributed by atoms with Crippen LogP contribution in [0.25, 0.3) is 0 Å². The number of nitro benzene ring substituents is 1. The lowest BCUT2D eigenvalue weighted by Gasteiger charge is -2.26. The maximum absolute atomic E-state index is 11.6. The second-order valence-corrected chi connectivity index (χ2v) is 6.20. The van der Waals surface area contributed by atoms with Crippen LogP contribution >= 0.6 is 11.6 Å². The van der Waals surface area contributed by atoms with Crippen molar-refractivity contribution < 1.29 is 9.72 Å². The van der Waals surface area contributed by atoms with Crippen LogP contribution in [0.2, 0.25) is 5.02 Å². The fourth-order valence-corrected chi connectivity index (χ4v) is 2.62. The molecular weight excluding hydrogens is 344 g/mol. The number of anilines is 1. The van der Waals surface area contributed by atoms with E-state index in [9.17, 15) is 14.9 Å². The van der Waals surface area contributed by atoms with E-state index in [1.165, 1.54) is 18.2 Å². The summed E-state index contributed by atoms with van der Waals surface area (Å²) in [4.78, 5) is 23.9. The highest BCUT2D eigenvalue weighted by Gasteiger charge is 2.18. The highest BCUT2D eigenvalue weighted by molar-refractivity contribution is 6.30. The molecule has 2 aromatic carbocycles. The number of likely N-dealkylation sites (N-methyl/N-ethyl adjacent to an activating group) is 1. The Balaban J connectivity index is 2.24. The normalized spacial score (nSPS) is 12.0. The van der Waals surface area contributed by atoms with Gasteiger partial charge >= 0.3 is 0 Å². The van der Waals surface area contributed by atoms with Gasteiger partial charge in [-0.1, -0.05) is 23.7 Å². The molecule has 0 bridgehead atoms. The van der Waals surface area contributed by atoms with E-state index in [4.69, 9.17) is 17.3 Å². The second-order valence-electron chi connectivity index (χ2n) is 5.76. The molecule has 0 spiro atoms. The quantitative estimate of drug-likeness (QED) is 0.582. The Kier molecular flexibility index (Phi) is 5.95. The molecule has 0 radical (unpaired) electrons. The van der Waals surface area contributed by atoms with Crippen LogP contribution in [0.3, 0.4) is 0 Å². The minimum Gasteiger partial charge on any atom is -0.382 e. The second kappa shape index (κ2) is 7.96. The molecule has 0 saturated carbocycles. The van der Waals surface area contributed by atoms with Crippen molar-refractivity contribution >= 4 is 28.9 Å². The number of hydrogen-bond acceptors (Lipinski definition) is 5. The number of nitrogens with one attached hydrogen (secondary N) is 1. The first kappa shape index (κ1) is 18.7. The van der Waals surface area contributed by atoms with E-state index in [1.807, 2.05) is 43.3 Å². The summed E-state index contributed by atoms with van der Waals surface area (Å²) in [5, 5.41) is 14.7. The van der Waals surface area contributed by atoms with E-state index in [0.29, 0.717) is 17.3 Å². The number of hydrogen-bond donors (Lipinski definition) is 2. The Labute approximate surface area is 150 Å². The Bertz CT molecular complexity index is 778. The molecule has 3 N–H and O–H groups in total. The number of nitrogens with zero attached hydrogens (tertiary/aromatic N) is 2. The van der Waals surface area contributed by atoms with Crippen molar-refractivity contribution in [2.24, 2.45) is 5.73 Å². The third kappa shape index (κ3) is 4.68. The number of nitrogens with two attached hydrogens (primary N) is 1. The highest BCUT2D eigenvalue weighted by Crippen LogP contribution is 2.25. The first-order valence-corrected chi connectivity index (χ1v) is 7.91. The highest BCUT2D eigenvalue weighted by atomic mass is 35.5. The fourth-order valence-electron chi connectivity index (χ4n) is 2.49. The molecule has 0 aliphatic rings. The van der Waals surface area contributed by atoms with Gasteiger partial charge in [-0.15, -0.1) is 0 Å². The van der Waals surface area contributed by atoms with Crippen molar-refractivity contribution in [1.29, 1.82) is 0 Å². The number of halogens is 1. The van der Waals surface area contributed by atoms with Crippen molar-refractivity contribution in [1.82, 2.24) is 4.90 Å². The topological polar surface area (TPSA) is 102 Å². The predicted molar refractivity (Wildman–Crippen MR) is 98.0 cm³/mol. The molecule has 1 amide bonds. The van der Waals surface area contributed by atoms with E-state index in [-0.39, 0.29) is 17.3 Å². The Morgan fingerprint density at radius 1 is 1.28 bits per heavy atom. The van der Waals surface area contributed by atoms with Gasteiger partial charge < -0.3 is 16.0 Å². The van der Waals surface area contributed by atoms with Crippen molar-refractivity contribution in [2.75, 3.05) is 26.0 Å². The number of primary amides is 1. The van der Waals surface area contributed by atoms with E-state index in [1.54, 1.807) is 0 Å². The molecule has 0 fully saturated rings. The third-order valence-electron chi connectivity index (χ3n) is 3.84. The molecule has 25 heavy (non-hydrogen) atoms. The van der Waals surface area contributed by atoms with Crippen LogP contribution in [0, 0.1) is 10.1 Å². The summed E-state index contributed by atoms with van der Waals surface area (Å²) < 4.78 is 0. The molecule has 0 heterocycles. The van der Waals surface area contributed by atoms with Gasteiger partial charge in [0.1, 0.15) is 0 Å². The minimum atomic E-state index is -0.723. The van der Waals surface area contributed by atoms with Gasteiger partial charge in [0.2, 0.25) is 0 Å². The first-order valence-electron chi connectivity index (χ1n) is 7.53. The average Bonchev–Trinajstić information content (AvgIpc) is 2.56. The van der Waals surface area contributed by atoms with Crippen LogP contribution < -0.4 is 11.1 Å². The molecule has 7 nitrogen and oxygen atoms in total. The van der Waals surface area contributed by atoms with E-state index >= 15 is 0 Å². The zero-order chi connectivity index (χ0) is 18.6. The molecule has 0 aliphatic heterocycles. The molecule has 1 atom stereocenters. The summed E-state index contributed by atoms with van der Waals surface area (Å²) in [5.74, 6) is -0.723. The van der Waals surface area contributed by atoms with Gasteiger partial charge in [-0.25, -0.2) is 0 Å². The van der Waals surface area contributed by atoms with Gasteiger partial charge in [-0.2, -0.15) is 0 Å². The molecule has 0 aliphatic carbocycles. The van der Waals surface area contributed by atoms with Crippen molar-refractivity contribution in [3.63, 3.8) is 0 Å². The number of non-ortho nitro benzene ring substituents is 1. The van der Waals surface area contributed by atoms with Gasteiger partial charge in [0, 0.05) is 29.4 Å². The molecule has 0 aromatic heterocycles. The molecule has 1 unspecified atom stereocenters. The van der Waals surface area contributed by atoms with E-state index < -0.39 is 10.8 Å². The van der Waals surface area contributed by atoms with Crippen LogP contribution in [0.5, 0.6) is 0 Å². The van der Waals surface area contributed by atoms with Crippen LogP contribution in [0.4, 0.5) is 11.4 Å². The lowest BCUT2D eigenvalue weighted by atomic mass is 10.1. The summed E-state index contributed by atoms with van der Waals surface area (Å²) in [6, 6.07) is 11.5. The maximum atomic E-state index is 11.6. The number of nitro groups is 1. The zero-order valence-corrected chi connectivity index (χ0v) is 14.7. The lowest BCUT2D eigenvalue weighted by molar-refractivity contribution is -0.384. The smallest absolute Gasteiger partial charge is 0.270 e. The van der Waals surface area contributed by atoms with E-state index in [0.717, 1.165) is 5.56 Å². The first-order chi connectivity index (χ1) is 11.8. The molecular formula is C17H19ClN4O3. The Morgan fingerprint density at radius 3 is 2.44 bits per heavy atom. The van der Waals surface area contributed by atoms with E-state index in [2.05, 4.69) is 5.32 Å². The zero-order valence-electron chi connectivity index (χ0n) is 13.9. The minimum absolute atomic E-state index is 0.00758. The van der Waals surface area contributed by atoms with Crippen LogP contribution in [0.15, 0.2) is 42.5 Å². The monoisotopic (exact) mass is 362 g/mol. The summed E-state index contributed by atoms with van der Waals surface area (Å²) in [6.07, 6.45) is 0. The molecule has 2 aromatic rings. The lowest BCUT2D eigenvalue weighted by Crippen LogP contribution is -2.27. The number of amides is 1. The van der Waals surface area contributed by atoms with Crippen LogP contribution in [-0.4, -0.2) is 36.4 Å². The average molecular weight is 363 g/mol. The summed E-state index contributed by atoms with van der Waals surface area (Å²) in [7, 11) is 3.87. The van der Waals surface area contributed by atoms with Gasteiger partial charge in [0.15, 0.2) is 0 Å². The Morgan fingerprint density at radius 2 is 1.92 bits per heavy atom. The maximum Gasteiger partial charge on any atom is 0.270 e. The van der Waals surface area contributed by atoms with Gasteiger partial charge in [0.05, 0.1) is 16.5 Å². The number of rotatable bonds is 7. The number of carbonyl (C=O) groups excluding carboxylic acids is 1. The molecule has 8 heteroatoms. The van der Waals surface area contributed by atoms with Gasteiger partial charge in [0.25, 0.3) is 11.6 Å². The predicted octanol–water partition coefficient (Wildman–Crippen LogP) is 3.06. The largest absolute Gasteiger partial charge is 0.382 e.